The Bertz CT molecular complexity index is 189. The van der Waals surface area contributed by atoms with Crippen molar-refractivity contribution in [3.63, 3.8) is 0 Å². The highest BCUT2D eigenvalue weighted by Crippen LogP contribution is 2.22. The highest BCUT2D eigenvalue weighted by atomic mass is 16.5. The first-order valence-corrected chi connectivity index (χ1v) is 5.77. The summed E-state index contributed by atoms with van der Waals surface area (Å²) in [6.45, 7) is 5.01. The Morgan fingerprint density at radius 3 is 2.79 bits per heavy atom. The molecule has 2 unspecified atom stereocenters. The molecule has 0 spiro atoms. The molecule has 1 N–H and O–H groups in total. The van der Waals surface area contributed by atoms with Gasteiger partial charge in [0.15, 0.2) is 0 Å². The second-order valence-electron chi connectivity index (χ2n) is 3.95. The number of ether oxygens (including phenoxy) is 1. The number of rotatable bonds is 5. The van der Waals surface area contributed by atoms with Gasteiger partial charge in [-0.05, 0) is 46.6 Å². The molecule has 0 saturated carbocycles. The maximum atomic E-state index is 5.64. The molecule has 0 amide bonds. The number of hydrogen-bond donors (Lipinski definition) is 1. The molecular weight excluding hydrogens is 174 g/mol. The Morgan fingerprint density at radius 1 is 1.50 bits per heavy atom. The van der Waals surface area contributed by atoms with Crippen LogP contribution in [-0.2, 0) is 4.74 Å². The van der Waals surface area contributed by atoms with Gasteiger partial charge in [0, 0.05) is 6.61 Å². The fourth-order valence-corrected chi connectivity index (χ4v) is 2.23. The second-order valence-corrected chi connectivity index (χ2v) is 3.95. The Labute approximate surface area is 87.7 Å². The molecule has 2 nitrogen and oxygen atoms in total. The molecule has 0 saturated heterocycles. The number of likely N-dealkylation sites (N-methyl/N-ethyl adjacent to an activating group) is 1. The van der Waals surface area contributed by atoms with E-state index in [-0.39, 0.29) is 6.10 Å². The molecule has 0 aromatic heterocycles. The van der Waals surface area contributed by atoms with Gasteiger partial charge in [0.25, 0.3) is 0 Å². The average Bonchev–Trinajstić information content (AvgIpc) is 2.21. The lowest BCUT2D eigenvalue weighted by atomic mass is 9.91. The van der Waals surface area contributed by atoms with Gasteiger partial charge in [-0.3, -0.25) is 0 Å². The first-order valence-electron chi connectivity index (χ1n) is 5.77. The quantitative estimate of drug-likeness (QED) is 0.684. The van der Waals surface area contributed by atoms with Crippen LogP contribution in [0.25, 0.3) is 0 Å². The van der Waals surface area contributed by atoms with E-state index in [1.54, 1.807) is 5.57 Å². The lowest BCUT2D eigenvalue weighted by Gasteiger charge is -2.28. The largest absolute Gasteiger partial charge is 0.377 e. The van der Waals surface area contributed by atoms with Gasteiger partial charge < -0.3 is 10.1 Å². The molecule has 2 heteroatoms. The highest BCUT2D eigenvalue weighted by molar-refractivity contribution is 5.14. The van der Waals surface area contributed by atoms with Crippen molar-refractivity contribution in [3.05, 3.63) is 11.6 Å². The maximum absolute atomic E-state index is 5.64. The van der Waals surface area contributed by atoms with Crippen LogP contribution < -0.4 is 5.32 Å². The van der Waals surface area contributed by atoms with Gasteiger partial charge in [-0.25, -0.2) is 0 Å². The van der Waals surface area contributed by atoms with Crippen molar-refractivity contribution in [2.75, 3.05) is 13.7 Å². The average molecular weight is 197 g/mol. The van der Waals surface area contributed by atoms with Crippen molar-refractivity contribution in [2.24, 2.45) is 0 Å². The van der Waals surface area contributed by atoms with Crippen LogP contribution in [-0.4, -0.2) is 25.8 Å². The minimum atomic E-state index is 0.286. The van der Waals surface area contributed by atoms with Gasteiger partial charge in [0.2, 0.25) is 0 Å². The Morgan fingerprint density at radius 2 is 2.29 bits per heavy atom. The summed E-state index contributed by atoms with van der Waals surface area (Å²) >= 11 is 0. The van der Waals surface area contributed by atoms with Gasteiger partial charge >= 0.3 is 0 Å². The van der Waals surface area contributed by atoms with Crippen LogP contribution in [0.2, 0.25) is 0 Å². The molecule has 82 valence electrons. The summed E-state index contributed by atoms with van der Waals surface area (Å²) in [6, 6.07) is 0.412. The first-order chi connectivity index (χ1) is 6.79. The van der Waals surface area contributed by atoms with Crippen LogP contribution in [0, 0.1) is 0 Å². The molecule has 0 radical (unpaired) electrons. The molecule has 0 aromatic rings. The van der Waals surface area contributed by atoms with Gasteiger partial charge in [0.1, 0.15) is 0 Å². The molecular formula is C12H23NO. The van der Waals surface area contributed by atoms with E-state index in [0.29, 0.717) is 6.04 Å². The number of allylic oxidation sites excluding steroid dienone is 1. The van der Waals surface area contributed by atoms with E-state index in [9.17, 15) is 0 Å². The maximum Gasteiger partial charge on any atom is 0.0738 e. The van der Waals surface area contributed by atoms with E-state index in [1.807, 2.05) is 7.05 Å². The van der Waals surface area contributed by atoms with Crippen molar-refractivity contribution < 1.29 is 4.74 Å². The summed E-state index contributed by atoms with van der Waals surface area (Å²) in [6.07, 6.45) is 7.84. The zero-order valence-corrected chi connectivity index (χ0v) is 9.68. The predicted octanol–water partition coefficient (Wildman–Crippen LogP) is 2.50. The van der Waals surface area contributed by atoms with E-state index in [4.69, 9.17) is 4.74 Å². The molecule has 0 heterocycles. The molecule has 0 bridgehead atoms. The third-order valence-corrected chi connectivity index (χ3v) is 2.94. The molecule has 0 aliphatic heterocycles. The Kier molecular flexibility index (Phi) is 5.20. The van der Waals surface area contributed by atoms with Crippen LogP contribution >= 0.6 is 0 Å². The van der Waals surface area contributed by atoms with Crippen LogP contribution in [0.1, 0.15) is 39.5 Å². The van der Waals surface area contributed by atoms with E-state index in [0.717, 1.165) is 6.61 Å². The lowest BCUT2D eigenvalue weighted by molar-refractivity contribution is 0.0573. The highest BCUT2D eigenvalue weighted by Gasteiger charge is 2.20. The standard InChI is InChI=1S/C12H23NO/c1-4-14-10(2)12(13-3)11-8-6-5-7-9-11/h8,10,12-13H,4-7,9H2,1-3H3. The van der Waals surface area contributed by atoms with Crippen molar-refractivity contribution in [1.29, 1.82) is 0 Å². The lowest BCUT2D eigenvalue weighted by Crippen LogP contribution is -2.39. The van der Waals surface area contributed by atoms with Crippen molar-refractivity contribution in [2.45, 2.75) is 51.7 Å². The third kappa shape index (κ3) is 3.10. The van der Waals surface area contributed by atoms with Crippen molar-refractivity contribution in [1.82, 2.24) is 5.32 Å². The minimum Gasteiger partial charge on any atom is -0.377 e. The normalized spacial score (nSPS) is 21.5. The minimum absolute atomic E-state index is 0.286. The molecule has 2 atom stereocenters. The summed E-state index contributed by atoms with van der Waals surface area (Å²) in [4.78, 5) is 0. The van der Waals surface area contributed by atoms with Crippen LogP contribution in [0.4, 0.5) is 0 Å². The predicted molar refractivity (Wildman–Crippen MR) is 60.5 cm³/mol. The summed E-state index contributed by atoms with van der Waals surface area (Å²) in [7, 11) is 2.02. The molecule has 0 fully saturated rings. The zero-order valence-electron chi connectivity index (χ0n) is 9.68. The van der Waals surface area contributed by atoms with Gasteiger partial charge in [-0.15, -0.1) is 0 Å². The van der Waals surface area contributed by atoms with Crippen molar-refractivity contribution >= 4 is 0 Å². The third-order valence-electron chi connectivity index (χ3n) is 2.94. The molecule has 1 rings (SSSR count). The van der Waals surface area contributed by atoms with E-state index >= 15 is 0 Å². The van der Waals surface area contributed by atoms with Gasteiger partial charge in [-0.1, -0.05) is 11.6 Å². The fourth-order valence-electron chi connectivity index (χ4n) is 2.23. The molecule has 14 heavy (non-hydrogen) atoms. The Balaban J connectivity index is 2.55. The SMILES string of the molecule is CCOC(C)C(NC)C1=CCCCC1. The number of nitrogens with one attached hydrogen (secondary N) is 1. The number of hydrogen-bond acceptors (Lipinski definition) is 2. The summed E-state index contributed by atoms with van der Waals surface area (Å²) in [5.74, 6) is 0. The Hall–Kier alpha value is -0.340. The summed E-state index contributed by atoms with van der Waals surface area (Å²) < 4.78 is 5.64. The van der Waals surface area contributed by atoms with E-state index in [1.165, 1.54) is 25.7 Å². The summed E-state index contributed by atoms with van der Waals surface area (Å²) in [5, 5.41) is 3.36. The monoisotopic (exact) mass is 197 g/mol. The van der Waals surface area contributed by atoms with Gasteiger partial charge in [-0.2, -0.15) is 0 Å². The summed E-state index contributed by atoms with van der Waals surface area (Å²) in [5.41, 5.74) is 1.54. The van der Waals surface area contributed by atoms with Crippen molar-refractivity contribution in [3.8, 4) is 0 Å². The van der Waals surface area contributed by atoms with Crippen LogP contribution in [0.15, 0.2) is 11.6 Å². The molecule has 1 aliphatic carbocycles. The molecule has 0 aromatic carbocycles. The molecule has 1 aliphatic rings. The smallest absolute Gasteiger partial charge is 0.0738 e. The van der Waals surface area contributed by atoms with Gasteiger partial charge in [0.05, 0.1) is 12.1 Å². The second kappa shape index (κ2) is 6.20. The van der Waals surface area contributed by atoms with Crippen LogP contribution in [0.3, 0.4) is 0 Å². The topological polar surface area (TPSA) is 21.3 Å². The van der Waals surface area contributed by atoms with E-state index < -0.39 is 0 Å². The first kappa shape index (κ1) is 11.7. The van der Waals surface area contributed by atoms with E-state index in [2.05, 4.69) is 25.2 Å². The van der Waals surface area contributed by atoms with Crippen LogP contribution in [0.5, 0.6) is 0 Å². The zero-order chi connectivity index (χ0) is 10.4. The fraction of sp³-hybridized carbons (Fsp3) is 0.833.